The summed E-state index contributed by atoms with van der Waals surface area (Å²) >= 11 is 0. The van der Waals surface area contributed by atoms with E-state index in [-0.39, 0.29) is 106 Å². The molecular formula is H3AlCoCuMnNiTi. The molecule has 0 fully saturated rings. The molecule has 0 bridgehead atoms. The van der Waals surface area contributed by atoms with Gasteiger partial charge in [-0.3, -0.25) is 0 Å². The summed E-state index contributed by atoms with van der Waals surface area (Å²) in [4.78, 5) is 0. The van der Waals surface area contributed by atoms with Crippen molar-refractivity contribution in [2.24, 2.45) is 0 Å². The Hall–Kier alpha value is 3.29. The van der Waals surface area contributed by atoms with Crippen LogP contribution in [0.5, 0.6) is 0 Å². The molecule has 0 aromatic carbocycles. The van der Waals surface area contributed by atoms with Gasteiger partial charge >= 0.3 is 0 Å². The summed E-state index contributed by atoms with van der Waals surface area (Å²) < 4.78 is 0. The van der Waals surface area contributed by atoms with E-state index in [1.165, 1.54) is 0 Å². The van der Waals surface area contributed by atoms with Crippen molar-refractivity contribution in [1.29, 1.82) is 0 Å². The van der Waals surface area contributed by atoms with Gasteiger partial charge in [0.25, 0.3) is 0 Å². The van der Waals surface area contributed by atoms with E-state index in [1.807, 2.05) is 0 Å². The summed E-state index contributed by atoms with van der Waals surface area (Å²) in [5.41, 5.74) is 0. The fourth-order valence-electron chi connectivity index (χ4n) is 0. The van der Waals surface area contributed by atoms with E-state index in [1.54, 1.807) is 0 Å². The van der Waals surface area contributed by atoms with E-state index in [2.05, 4.69) is 0 Å². The van der Waals surface area contributed by atoms with Gasteiger partial charge in [0, 0.05) is 89.1 Å². The Morgan fingerprint density at radius 1 is 1.00 bits per heavy atom. The SMILES string of the molecule is [AlH3].[Co].[Cu].[Mn].[Ni].[Ti]. The molecule has 0 aliphatic rings. The van der Waals surface area contributed by atoms with Gasteiger partial charge in [0.05, 0.1) is 0 Å². The fraction of sp³-hybridized carbons (Fsp3) is 0. The molecule has 0 nitrogen and oxygen atoms in total. The third-order valence-corrected chi connectivity index (χ3v) is 0. The first-order valence-electron chi connectivity index (χ1n) is 0. The van der Waals surface area contributed by atoms with Gasteiger partial charge in [0.15, 0.2) is 17.4 Å². The molecule has 0 saturated carbocycles. The van der Waals surface area contributed by atoms with E-state index in [0.717, 1.165) is 0 Å². The molecule has 0 aromatic heterocycles. The van der Waals surface area contributed by atoms with Crippen molar-refractivity contribution in [3.63, 3.8) is 0 Å². The van der Waals surface area contributed by atoms with Crippen molar-refractivity contribution in [3.8, 4) is 0 Å². The second kappa shape index (κ2) is 40.7. The molecule has 47 valence electrons. The number of hydrogen-bond acceptors (Lipinski definition) is 0. The quantitative estimate of drug-likeness (QED) is 0.493. The topological polar surface area (TPSA) is 0 Å². The number of hydrogen-bond donors (Lipinski definition) is 0. The van der Waals surface area contributed by atoms with Crippen molar-refractivity contribution in [3.05, 3.63) is 0 Å². The monoisotopic (exact) mass is 313 g/mol. The van der Waals surface area contributed by atoms with Crippen LogP contribution in [0.15, 0.2) is 0 Å². The van der Waals surface area contributed by atoms with Crippen molar-refractivity contribution >= 4 is 17.4 Å². The molecule has 0 atom stereocenters. The fourth-order valence-corrected chi connectivity index (χ4v) is 0. The van der Waals surface area contributed by atoms with Gasteiger partial charge in [0.1, 0.15) is 0 Å². The summed E-state index contributed by atoms with van der Waals surface area (Å²) in [6, 6.07) is 0. The van der Waals surface area contributed by atoms with Gasteiger partial charge in [-0.2, -0.15) is 0 Å². The molecule has 0 aromatic rings. The molecule has 0 aliphatic carbocycles. The van der Waals surface area contributed by atoms with Gasteiger partial charge in [-0.1, -0.05) is 0 Å². The molecule has 6 heavy (non-hydrogen) atoms. The normalized spacial score (nSPS) is 0. The standard InChI is InChI=1S/Al.Co.Cu.Mn.Ni.Ti.3H. The molecule has 0 rings (SSSR count). The Kier molecular flexibility index (Phi) is 401. The van der Waals surface area contributed by atoms with E-state index >= 15 is 0 Å². The van der Waals surface area contributed by atoms with Gasteiger partial charge in [-0.05, 0) is 0 Å². The van der Waals surface area contributed by atoms with E-state index < -0.39 is 0 Å². The van der Waals surface area contributed by atoms with E-state index in [0.29, 0.717) is 0 Å². The molecule has 0 spiro atoms. The van der Waals surface area contributed by atoms with Crippen LogP contribution in [-0.2, 0) is 89.1 Å². The minimum absolute atomic E-state index is 0. The van der Waals surface area contributed by atoms with Crippen LogP contribution in [0.4, 0.5) is 0 Å². The first kappa shape index (κ1) is 59.0. The average Bonchev–Trinajstić information content (AvgIpc) is 0. The predicted octanol–water partition coefficient (Wildman–Crippen LogP) is -1.20. The van der Waals surface area contributed by atoms with E-state index in [4.69, 9.17) is 0 Å². The van der Waals surface area contributed by atoms with Gasteiger partial charge in [-0.15, -0.1) is 0 Å². The third-order valence-electron chi connectivity index (χ3n) is 0. The first-order chi connectivity index (χ1) is 0. The smallest absolute Gasteiger partial charge is 0 e. The van der Waals surface area contributed by atoms with Crippen molar-refractivity contribution in [2.45, 2.75) is 0 Å². The van der Waals surface area contributed by atoms with Gasteiger partial charge in [0.2, 0.25) is 0 Å². The second-order valence-electron chi connectivity index (χ2n) is 0. The van der Waals surface area contributed by atoms with Crippen LogP contribution < -0.4 is 0 Å². The minimum atomic E-state index is 0. The minimum Gasteiger partial charge on any atom is 0 e. The Labute approximate surface area is 105 Å². The zero-order valence-corrected chi connectivity index (χ0v) is 7.54. The van der Waals surface area contributed by atoms with Crippen LogP contribution in [-0.4, -0.2) is 17.4 Å². The Morgan fingerprint density at radius 3 is 1.00 bits per heavy atom. The number of rotatable bonds is 0. The summed E-state index contributed by atoms with van der Waals surface area (Å²) in [5.74, 6) is 0. The molecule has 0 N–H and O–H groups in total. The average molecular weight is 314 g/mol. The van der Waals surface area contributed by atoms with Crippen molar-refractivity contribution in [2.75, 3.05) is 0 Å². The predicted molar refractivity (Wildman–Crippen MR) is 9.94 cm³/mol. The molecule has 0 heterocycles. The summed E-state index contributed by atoms with van der Waals surface area (Å²) in [7, 11) is 0. The van der Waals surface area contributed by atoms with Crippen LogP contribution in [0.1, 0.15) is 0 Å². The van der Waals surface area contributed by atoms with Crippen LogP contribution >= 0.6 is 0 Å². The second-order valence-corrected chi connectivity index (χ2v) is 0. The van der Waals surface area contributed by atoms with Gasteiger partial charge in [-0.25, -0.2) is 0 Å². The Bertz CT molecular complexity index is 15.5. The van der Waals surface area contributed by atoms with Crippen molar-refractivity contribution < 1.29 is 89.1 Å². The molecular weight excluding hydrogens is 311 g/mol. The van der Waals surface area contributed by atoms with Crippen LogP contribution in [0.25, 0.3) is 0 Å². The largest absolute Gasteiger partial charge is 0.187 e. The van der Waals surface area contributed by atoms with Crippen molar-refractivity contribution in [1.82, 2.24) is 0 Å². The molecule has 6 heteroatoms. The summed E-state index contributed by atoms with van der Waals surface area (Å²) in [6.07, 6.45) is 0. The maximum absolute atomic E-state index is 0. The van der Waals surface area contributed by atoms with E-state index in [9.17, 15) is 0 Å². The Morgan fingerprint density at radius 2 is 1.00 bits per heavy atom. The summed E-state index contributed by atoms with van der Waals surface area (Å²) in [6.45, 7) is 0. The third kappa shape index (κ3) is 26.7. The zero-order chi connectivity index (χ0) is 0. The molecule has 0 aliphatic heterocycles. The molecule has 0 amide bonds. The van der Waals surface area contributed by atoms with Crippen LogP contribution in [0.2, 0.25) is 0 Å². The van der Waals surface area contributed by atoms with Gasteiger partial charge < -0.3 is 0 Å². The molecule has 3 radical (unpaired) electrons. The zero-order valence-electron chi connectivity index (χ0n) is 1.83. The maximum Gasteiger partial charge on any atom is 0.187 e. The molecule has 0 saturated heterocycles. The van der Waals surface area contributed by atoms with Crippen LogP contribution in [0.3, 0.4) is 0 Å². The summed E-state index contributed by atoms with van der Waals surface area (Å²) in [5, 5.41) is 0. The maximum atomic E-state index is 0. The molecule has 0 unspecified atom stereocenters. The first-order valence-corrected chi connectivity index (χ1v) is 0. The Balaban J connectivity index is 0. The van der Waals surface area contributed by atoms with Crippen LogP contribution in [0, 0.1) is 0 Å².